The van der Waals surface area contributed by atoms with Crippen molar-refractivity contribution in [1.82, 2.24) is 4.90 Å². The van der Waals surface area contributed by atoms with Crippen LogP contribution in [0.1, 0.15) is 12.0 Å². The molecule has 0 aromatic heterocycles. The van der Waals surface area contributed by atoms with Crippen molar-refractivity contribution in [3.8, 4) is 0 Å². The maximum Gasteiger partial charge on any atom is 0.139 e. The Hall–Kier alpha value is -0.930. The summed E-state index contributed by atoms with van der Waals surface area (Å²) in [5.41, 5.74) is 1.20. The van der Waals surface area contributed by atoms with Gasteiger partial charge >= 0.3 is 0 Å². The third-order valence-electron chi connectivity index (χ3n) is 2.84. The minimum Gasteiger partial charge on any atom is -0.390 e. The second-order valence-corrected chi connectivity index (χ2v) is 4.09. The number of likely N-dealkylation sites (tertiary alicyclic amines) is 1. The van der Waals surface area contributed by atoms with Gasteiger partial charge < -0.3 is 5.11 Å². The maximum absolute atomic E-state index is 13.2. The second kappa shape index (κ2) is 4.73. The summed E-state index contributed by atoms with van der Waals surface area (Å²) in [5, 5.41) is 9.26. The molecule has 1 aliphatic rings. The summed E-state index contributed by atoms with van der Waals surface area (Å²) in [6.07, 6.45) is -1.33. The molecule has 1 aliphatic heterocycles. The van der Waals surface area contributed by atoms with Gasteiger partial charge in [-0.05, 0) is 12.0 Å². The van der Waals surface area contributed by atoms with E-state index < -0.39 is 12.3 Å². The Morgan fingerprint density at radius 1 is 1.33 bits per heavy atom. The highest BCUT2D eigenvalue weighted by Gasteiger charge is 2.26. The number of aliphatic hydroxyl groups excluding tert-OH is 1. The molecule has 0 radical (unpaired) electrons. The zero-order chi connectivity index (χ0) is 10.7. The fourth-order valence-electron chi connectivity index (χ4n) is 1.94. The molecule has 0 amide bonds. The van der Waals surface area contributed by atoms with Gasteiger partial charge in [-0.25, -0.2) is 4.39 Å². The first-order chi connectivity index (χ1) is 7.25. The summed E-state index contributed by atoms with van der Waals surface area (Å²) in [6, 6.07) is 10.0. The monoisotopic (exact) mass is 209 g/mol. The van der Waals surface area contributed by atoms with Crippen molar-refractivity contribution < 1.29 is 9.50 Å². The van der Waals surface area contributed by atoms with Crippen LogP contribution in [0.2, 0.25) is 0 Å². The summed E-state index contributed by atoms with van der Waals surface area (Å²) in [7, 11) is 0. The normalized spacial score (nSPS) is 27.9. The van der Waals surface area contributed by atoms with E-state index in [9.17, 15) is 9.50 Å². The molecular weight excluding hydrogens is 193 g/mol. The van der Waals surface area contributed by atoms with Crippen molar-refractivity contribution in [2.75, 3.05) is 13.1 Å². The molecule has 1 aromatic carbocycles. The van der Waals surface area contributed by atoms with E-state index in [1.54, 1.807) is 0 Å². The number of aliphatic hydroxyl groups is 1. The smallest absolute Gasteiger partial charge is 0.139 e. The van der Waals surface area contributed by atoms with Gasteiger partial charge in [-0.3, -0.25) is 4.90 Å². The van der Waals surface area contributed by atoms with E-state index in [1.165, 1.54) is 5.56 Å². The second-order valence-electron chi connectivity index (χ2n) is 4.09. The lowest BCUT2D eigenvalue weighted by Gasteiger charge is -2.32. The molecular formula is C12H16FNO. The summed E-state index contributed by atoms with van der Waals surface area (Å²) in [6.45, 7) is 1.89. The molecule has 15 heavy (non-hydrogen) atoms. The first kappa shape index (κ1) is 10.6. The van der Waals surface area contributed by atoms with Crippen LogP contribution in [0.5, 0.6) is 0 Å². The predicted molar refractivity (Wildman–Crippen MR) is 57.2 cm³/mol. The van der Waals surface area contributed by atoms with Gasteiger partial charge in [-0.2, -0.15) is 0 Å². The number of piperidine rings is 1. The molecule has 1 fully saturated rings. The molecule has 82 valence electrons. The first-order valence-corrected chi connectivity index (χ1v) is 5.34. The van der Waals surface area contributed by atoms with Crippen LogP contribution in [0.15, 0.2) is 30.3 Å². The molecule has 2 atom stereocenters. The van der Waals surface area contributed by atoms with Crippen molar-refractivity contribution in [2.45, 2.75) is 25.2 Å². The molecule has 3 heteroatoms. The molecule has 1 aromatic rings. The van der Waals surface area contributed by atoms with E-state index in [0.717, 1.165) is 13.1 Å². The van der Waals surface area contributed by atoms with Gasteiger partial charge in [0, 0.05) is 19.6 Å². The van der Waals surface area contributed by atoms with E-state index >= 15 is 0 Å². The lowest BCUT2D eigenvalue weighted by atomic mass is 10.1. The quantitative estimate of drug-likeness (QED) is 0.799. The molecule has 2 nitrogen and oxygen atoms in total. The van der Waals surface area contributed by atoms with Crippen molar-refractivity contribution in [3.05, 3.63) is 35.9 Å². The SMILES string of the molecule is O[C@@H]1CCN(Cc2ccccc2)C[C@@H]1F. The van der Waals surface area contributed by atoms with Crippen LogP contribution in [0.3, 0.4) is 0 Å². The highest BCUT2D eigenvalue weighted by Crippen LogP contribution is 2.16. The molecule has 0 saturated carbocycles. The molecule has 1 N–H and O–H groups in total. The van der Waals surface area contributed by atoms with Crippen molar-refractivity contribution in [1.29, 1.82) is 0 Å². The highest BCUT2D eigenvalue weighted by atomic mass is 19.1. The first-order valence-electron chi connectivity index (χ1n) is 5.34. The van der Waals surface area contributed by atoms with Crippen LogP contribution in [-0.4, -0.2) is 35.4 Å². The van der Waals surface area contributed by atoms with Crippen LogP contribution >= 0.6 is 0 Å². The third kappa shape index (κ3) is 2.76. The van der Waals surface area contributed by atoms with Gasteiger partial charge in [0.2, 0.25) is 0 Å². The van der Waals surface area contributed by atoms with Gasteiger partial charge in [0.05, 0.1) is 6.10 Å². The minimum atomic E-state index is -1.09. The number of hydrogen-bond acceptors (Lipinski definition) is 2. The van der Waals surface area contributed by atoms with E-state index in [1.807, 2.05) is 35.2 Å². The highest BCUT2D eigenvalue weighted by molar-refractivity contribution is 5.14. The Kier molecular flexibility index (Phi) is 3.34. The number of benzene rings is 1. The Bertz CT molecular complexity index is 304. The summed E-state index contributed by atoms with van der Waals surface area (Å²) >= 11 is 0. The van der Waals surface area contributed by atoms with Gasteiger partial charge in [0.15, 0.2) is 0 Å². The van der Waals surface area contributed by atoms with Crippen LogP contribution in [0, 0.1) is 0 Å². The average molecular weight is 209 g/mol. The molecule has 1 saturated heterocycles. The van der Waals surface area contributed by atoms with Crippen molar-refractivity contribution in [3.63, 3.8) is 0 Å². The molecule has 0 bridgehead atoms. The van der Waals surface area contributed by atoms with Crippen molar-refractivity contribution in [2.24, 2.45) is 0 Å². The Labute approximate surface area is 89.3 Å². The number of alkyl halides is 1. The van der Waals surface area contributed by atoms with E-state index in [4.69, 9.17) is 0 Å². The van der Waals surface area contributed by atoms with Gasteiger partial charge in [-0.1, -0.05) is 30.3 Å². The topological polar surface area (TPSA) is 23.5 Å². The molecule has 2 rings (SSSR count). The fourth-order valence-corrected chi connectivity index (χ4v) is 1.94. The minimum absolute atomic E-state index is 0.343. The number of nitrogens with zero attached hydrogens (tertiary/aromatic N) is 1. The van der Waals surface area contributed by atoms with Crippen molar-refractivity contribution >= 4 is 0 Å². The largest absolute Gasteiger partial charge is 0.390 e. The number of halogens is 1. The fraction of sp³-hybridized carbons (Fsp3) is 0.500. The van der Waals surface area contributed by atoms with Crippen LogP contribution in [0.4, 0.5) is 4.39 Å². The van der Waals surface area contributed by atoms with Gasteiger partial charge in [0.1, 0.15) is 6.17 Å². The Balaban J connectivity index is 1.91. The zero-order valence-electron chi connectivity index (χ0n) is 8.64. The van der Waals surface area contributed by atoms with Crippen LogP contribution in [-0.2, 0) is 6.54 Å². The standard InChI is InChI=1S/C12H16FNO/c13-11-9-14(7-6-12(11)15)8-10-4-2-1-3-5-10/h1-5,11-12,15H,6-9H2/t11-,12+/m0/s1. The molecule has 0 unspecified atom stereocenters. The molecule has 0 spiro atoms. The van der Waals surface area contributed by atoms with E-state index in [-0.39, 0.29) is 0 Å². The lowest BCUT2D eigenvalue weighted by Crippen LogP contribution is -2.43. The number of hydrogen-bond donors (Lipinski definition) is 1. The molecule has 1 heterocycles. The Morgan fingerprint density at radius 3 is 2.73 bits per heavy atom. The zero-order valence-corrected chi connectivity index (χ0v) is 8.64. The van der Waals surface area contributed by atoms with Crippen LogP contribution < -0.4 is 0 Å². The van der Waals surface area contributed by atoms with Gasteiger partial charge in [0.25, 0.3) is 0 Å². The van der Waals surface area contributed by atoms with Gasteiger partial charge in [-0.15, -0.1) is 0 Å². The summed E-state index contributed by atoms with van der Waals surface area (Å²) in [4.78, 5) is 2.05. The summed E-state index contributed by atoms with van der Waals surface area (Å²) in [5.74, 6) is 0. The third-order valence-corrected chi connectivity index (χ3v) is 2.84. The van der Waals surface area contributed by atoms with Crippen LogP contribution in [0.25, 0.3) is 0 Å². The predicted octanol–water partition coefficient (Wildman–Crippen LogP) is 1.59. The average Bonchev–Trinajstić information content (AvgIpc) is 2.25. The van der Waals surface area contributed by atoms with E-state index in [0.29, 0.717) is 13.0 Å². The molecule has 0 aliphatic carbocycles. The number of rotatable bonds is 2. The Morgan fingerprint density at radius 2 is 2.07 bits per heavy atom. The maximum atomic E-state index is 13.2. The lowest BCUT2D eigenvalue weighted by molar-refractivity contribution is 0.00393. The summed E-state index contributed by atoms with van der Waals surface area (Å²) < 4.78 is 13.2. The van der Waals surface area contributed by atoms with E-state index in [2.05, 4.69) is 0 Å².